The quantitative estimate of drug-likeness (QED) is 0.872. The van der Waals surface area contributed by atoms with Gasteiger partial charge in [-0.15, -0.1) is 11.3 Å². The van der Waals surface area contributed by atoms with Crippen molar-refractivity contribution in [1.29, 1.82) is 0 Å². The van der Waals surface area contributed by atoms with Crippen LogP contribution in [0.3, 0.4) is 0 Å². The van der Waals surface area contributed by atoms with Crippen molar-refractivity contribution < 1.29 is 0 Å². The molecule has 1 aromatic heterocycles. The van der Waals surface area contributed by atoms with Crippen molar-refractivity contribution >= 4 is 27.3 Å². The van der Waals surface area contributed by atoms with Crippen LogP contribution >= 0.6 is 27.3 Å². The van der Waals surface area contributed by atoms with Gasteiger partial charge in [0.2, 0.25) is 0 Å². The second kappa shape index (κ2) is 6.16. The predicted molar refractivity (Wildman–Crippen MR) is 86.4 cm³/mol. The maximum absolute atomic E-state index is 5.76. The lowest BCUT2D eigenvalue weighted by molar-refractivity contribution is 0.348. The Labute approximate surface area is 127 Å². The van der Waals surface area contributed by atoms with E-state index in [9.17, 15) is 0 Å². The Hall–Kier alpha value is -0.710. The van der Waals surface area contributed by atoms with Crippen LogP contribution in [0, 0.1) is 5.41 Å². The molecule has 102 valence electrons. The van der Waals surface area contributed by atoms with E-state index in [-0.39, 0.29) is 5.41 Å². The third kappa shape index (κ3) is 4.13. The molecule has 0 aliphatic heterocycles. The molecule has 2 rings (SSSR count). The van der Waals surface area contributed by atoms with Crippen LogP contribution in [0.5, 0.6) is 0 Å². The first-order chi connectivity index (χ1) is 9.00. The molecule has 0 fully saturated rings. The van der Waals surface area contributed by atoms with Gasteiger partial charge < -0.3 is 5.73 Å². The van der Waals surface area contributed by atoms with Crippen molar-refractivity contribution in [3.05, 3.63) is 39.1 Å². The number of nitrogens with two attached hydrogens (primary N) is 1. The molecular weight excluding hydrogens is 320 g/mol. The Morgan fingerprint density at radius 2 is 1.95 bits per heavy atom. The fraction of sp³-hybridized carbons (Fsp3) is 0.400. The van der Waals surface area contributed by atoms with Crippen molar-refractivity contribution in [3.63, 3.8) is 0 Å². The van der Waals surface area contributed by atoms with Crippen LogP contribution in [-0.2, 0) is 6.42 Å². The van der Waals surface area contributed by atoms with E-state index in [1.54, 1.807) is 11.3 Å². The third-order valence-corrected chi connectivity index (χ3v) is 4.70. The molecule has 1 heterocycles. The summed E-state index contributed by atoms with van der Waals surface area (Å²) in [6, 6.07) is 8.28. The van der Waals surface area contributed by atoms with Crippen LogP contribution in [-0.4, -0.2) is 11.5 Å². The molecule has 0 bridgehead atoms. The Morgan fingerprint density at radius 1 is 1.26 bits per heavy atom. The fourth-order valence-electron chi connectivity index (χ4n) is 1.73. The number of aromatic nitrogens is 1. The zero-order valence-corrected chi connectivity index (χ0v) is 13.7. The highest BCUT2D eigenvalue weighted by atomic mass is 79.9. The number of hydrogen-bond acceptors (Lipinski definition) is 3. The maximum Gasteiger partial charge on any atom is 0.0932 e. The van der Waals surface area contributed by atoms with E-state index >= 15 is 0 Å². The standard InChI is InChI=1S/C15H19BrN2S/c1-15(2,10-17)8-7-14-18-13(9-19-14)11-3-5-12(16)6-4-11/h3-6,9H,7-8,10,17H2,1-2H3. The van der Waals surface area contributed by atoms with Gasteiger partial charge in [-0.1, -0.05) is 41.9 Å². The van der Waals surface area contributed by atoms with E-state index in [0.29, 0.717) is 0 Å². The molecule has 2 N–H and O–H groups in total. The van der Waals surface area contributed by atoms with Crippen molar-refractivity contribution in [2.24, 2.45) is 11.1 Å². The number of hydrogen-bond donors (Lipinski definition) is 1. The summed E-state index contributed by atoms with van der Waals surface area (Å²) < 4.78 is 1.09. The largest absolute Gasteiger partial charge is 0.330 e. The molecular formula is C15H19BrN2S. The number of aryl methyl sites for hydroxylation is 1. The normalized spacial score (nSPS) is 11.8. The van der Waals surface area contributed by atoms with Crippen LogP contribution in [0.4, 0.5) is 0 Å². The number of benzene rings is 1. The van der Waals surface area contributed by atoms with Crippen LogP contribution in [0.1, 0.15) is 25.3 Å². The predicted octanol–water partition coefficient (Wildman–Crippen LogP) is 4.49. The highest BCUT2D eigenvalue weighted by Gasteiger charge is 2.16. The summed E-state index contributed by atoms with van der Waals surface area (Å²) in [5.41, 5.74) is 8.20. The third-order valence-electron chi connectivity index (χ3n) is 3.26. The van der Waals surface area contributed by atoms with Gasteiger partial charge in [-0.05, 0) is 36.9 Å². The lowest BCUT2D eigenvalue weighted by atomic mass is 9.88. The molecule has 0 atom stereocenters. The smallest absolute Gasteiger partial charge is 0.0932 e. The first kappa shape index (κ1) is 14.7. The summed E-state index contributed by atoms with van der Waals surface area (Å²) >= 11 is 5.18. The summed E-state index contributed by atoms with van der Waals surface area (Å²) in [6.45, 7) is 5.13. The number of rotatable bonds is 5. The summed E-state index contributed by atoms with van der Waals surface area (Å²) in [4.78, 5) is 4.71. The lowest BCUT2D eigenvalue weighted by Crippen LogP contribution is -2.23. The Morgan fingerprint density at radius 3 is 2.58 bits per heavy atom. The van der Waals surface area contributed by atoms with E-state index in [4.69, 9.17) is 10.7 Å². The molecule has 2 aromatic rings. The van der Waals surface area contributed by atoms with Crippen LogP contribution < -0.4 is 5.73 Å². The summed E-state index contributed by atoms with van der Waals surface area (Å²) in [7, 11) is 0. The van der Waals surface area contributed by atoms with E-state index in [1.165, 1.54) is 10.6 Å². The van der Waals surface area contributed by atoms with Gasteiger partial charge in [-0.2, -0.15) is 0 Å². The lowest BCUT2D eigenvalue weighted by Gasteiger charge is -2.21. The van der Waals surface area contributed by atoms with Gasteiger partial charge in [0, 0.05) is 15.4 Å². The minimum absolute atomic E-state index is 0.198. The Balaban J connectivity index is 2.05. The fourth-order valence-corrected chi connectivity index (χ4v) is 2.80. The van der Waals surface area contributed by atoms with Crippen molar-refractivity contribution in [2.75, 3.05) is 6.54 Å². The van der Waals surface area contributed by atoms with Crippen LogP contribution in [0.2, 0.25) is 0 Å². The highest BCUT2D eigenvalue weighted by Crippen LogP contribution is 2.26. The van der Waals surface area contributed by atoms with Gasteiger partial charge in [0.15, 0.2) is 0 Å². The zero-order chi connectivity index (χ0) is 13.9. The number of halogens is 1. The summed E-state index contributed by atoms with van der Waals surface area (Å²) in [5.74, 6) is 0. The topological polar surface area (TPSA) is 38.9 Å². The summed E-state index contributed by atoms with van der Waals surface area (Å²) in [5, 5.41) is 3.33. The molecule has 2 nitrogen and oxygen atoms in total. The molecule has 0 aliphatic carbocycles. The average Bonchev–Trinajstić information content (AvgIpc) is 2.86. The molecule has 0 unspecified atom stereocenters. The van der Waals surface area contributed by atoms with E-state index < -0.39 is 0 Å². The molecule has 0 saturated heterocycles. The SMILES string of the molecule is CC(C)(CN)CCc1nc(-c2ccc(Br)cc2)cs1. The molecule has 0 aliphatic rings. The Kier molecular flexibility index (Phi) is 4.76. The van der Waals surface area contributed by atoms with Crippen molar-refractivity contribution in [3.8, 4) is 11.3 Å². The zero-order valence-electron chi connectivity index (χ0n) is 11.3. The van der Waals surface area contributed by atoms with Crippen LogP contribution in [0.25, 0.3) is 11.3 Å². The minimum atomic E-state index is 0.198. The molecule has 19 heavy (non-hydrogen) atoms. The molecule has 0 radical (unpaired) electrons. The Bertz CT molecular complexity index is 531. The van der Waals surface area contributed by atoms with Gasteiger partial charge in [0.05, 0.1) is 10.7 Å². The minimum Gasteiger partial charge on any atom is -0.330 e. The number of nitrogens with zero attached hydrogens (tertiary/aromatic N) is 1. The monoisotopic (exact) mass is 338 g/mol. The molecule has 0 amide bonds. The van der Waals surface area contributed by atoms with Gasteiger partial charge >= 0.3 is 0 Å². The average molecular weight is 339 g/mol. The number of thiazole rings is 1. The van der Waals surface area contributed by atoms with E-state index in [2.05, 4.69) is 47.3 Å². The van der Waals surface area contributed by atoms with Gasteiger partial charge in [-0.3, -0.25) is 0 Å². The van der Waals surface area contributed by atoms with E-state index in [1.807, 2.05) is 12.1 Å². The van der Waals surface area contributed by atoms with Gasteiger partial charge in [0.1, 0.15) is 0 Å². The molecule has 0 spiro atoms. The van der Waals surface area contributed by atoms with Crippen molar-refractivity contribution in [2.45, 2.75) is 26.7 Å². The van der Waals surface area contributed by atoms with Gasteiger partial charge in [-0.25, -0.2) is 4.98 Å². The summed E-state index contributed by atoms with van der Waals surface area (Å²) in [6.07, 6.45) is 2.09. The first-order valence-electron chi connectivity index (χ1n) is 6.40. The highest BCUT2D eigenvalue weighted by molar-refractivity contribution is 9.10. The van der Waals surface area contributed by atoms with Crippen LogP contribution in [0.15, 0.2) is 34.1 Å². The van der Waals surface area contributed by atoms with E-state index in [0.717, 1.165) is 29.6 Å². The second-order valence-corrected chi connectivity index (χ2v) is 7.36. The second-order valence-electron chi connectivity index (χ2n) is 5.50. The van der Waals surface area contributed by atoms with Crippen molar-refractivity contribution in [1.82, 2.24) is 4.98 Å². The molecule has 4 heteroatoms. The maximum atomic E-state index is 5.76. The van der Waals surface area contributed by atoms with Gasteiger partial charge in [0.25, 0.3) is 0 Å². The first-order valence-corrected chi connectivity index (χ1v) is 8.08. The molecule has 1 aromatic carbocycles. The molecule has 0 saturated carbocycles.